The predicted molar refractivity (Wildman–Crippen MR) is 61.5 cm³/mol. The van der Waals surface area contributed by atoms with E-state index in [-0.39, 0.29) is 5.56 Å². The summed E-state index contributed by atoms with van der Waals surface area (Å²) < 4.78 is 17.6. The van der Waals surface area contributed by atoms with Gasteiger partial charge in [0, 0.05) is 5.56 Å². The molecule has 0 aliphatic carbocycles. The highest BCUT2D eigenvalue weighted by Gasteiger charge is 2.29. The molecular weight excluding hydrogens is 256 g/mol. The van der Waals surface area contributed by atoms with Gasteiger partial charge < -0.3 is 18.9 Å². The van der Waals surface area contributed by atoms with Crippen LogP contribution >= 0.6 is 0 Å². The Morgan fingerprint density at radius 3 is 1.79 bits per heavy atom. The standard InChI is InChI=1S/C12H12O7/c1-16-11(14)18-10(19-12(15)17-2)9(13)8-6-4-3-5-7-8/h3-7,10H,1-2H3. The lowest BCUT2D eigenvalue weighted by molar-refractivity contribution is -0.0772. The Morgan fingerprint density at radius 2 is 1.37 bits per heavy atom. The second-order valence-electron chi connectivity index (χ2n) is 3.21. The minimum atomic E-state index is -1.76. The summed E-state index contributed by atoms with van der Waals surface area (Å²) in [5, 5.41) is 0. The molecule has 0 aromatic heterocycles. The monoisotopic (exact) mass is 268 g/mol. The molecule has 0 unspecified atom stereocenters. The van der Waals surface area contributed by atoms with Crippen LogP contribution < -0.4 is 0 Å². The van der Waals surface area contributed by atoms with Crippen LogP contribution in [-0.4, -0.2) is 38.6 Å². The molecule has 0 heterocycles. The quantitative estimate of drug-likeness (QED) is 0.467. The molecule has 0 amide bonds. The fourth-order valence-corrected chi connectivity index (χ4v) is 1.14. The molecule has 0 aliphatic rings. The van der Waals surface area contributed by atoms with Crippen molar-refractivity contribution in [1.29, 1.82) is 0 Å². The summed E-state index contributed by atoms with van der Waals surface area (Å²) in [7, 11) is 2.12. The molecule has 102 valence electrons. The Bertz CT molecular complexity index is 436. The van der Waals surface area contributed by atoms with Crippen LogP contribution in [0.4, 0.5) is 9.59 Å². The Hall–Kier alpha value is -2.57. The fourth-order valence-electron chi connectivity index (χ4n) is 1.14. The van der Waals surface area contributed by atoms with Crippen LogP contribution in [0.3, 0.4) is 0 Å². The highest BCUT2D eigenvalue weighted by molar-refractivity contribution is 5.99. The van der Waals surface area contributed by atoms with Crippen LogP contribution in [0.2, 0.25) is 0 Å². The fraction of sp³-hybridized carbons (Fsp3) is 0.250. The van der Waals surface area contributed by atoms with Crippen LogP contribution in [0, 0.1) is 0 Å². The van der Waals surface area contributed by atoms with E-state index in [9.17, 15) is 14.4 Å². The summed E-state index contributed by atoms with van der Waals surface area (Å²) >= 11 is 0. The number of rotatable bonds is 4. The first-order valence-corrected chi connectivity index (χ1v) is 5.17. The van der Waals surface area contributed by atoms with E-state index in [0.717, 1.165) is 14.2 Å². The molecule has 0 saturated heterocycles. The Labute approximate surface area is 109 Å². The van der Waals surface area contributed by atoms with Crippen LogP contribution in [0.1, 0.15) is 10.4 Å². The number of Topliss-reactive ketones (excluding diaryl/α,β-unsaturated/α-hetero) is 1. The summed E-state index contributed by atoms with van der Waals surface area (Å²) in [6.07, 6.45) is -4.07. The van der Waals surface area contributed by atoms with Crippen LogP contribution in [0.25, 0.3) is 0 Å². The molecule has 0 fully saturated rings. The lowest BCUT2D eigenvalue weighted by atomic mass is 10.1. The Kier molecular flexibility index (Phi) is 5.34. The third kappa shape index (κ3) is 4.30. The molecule has 0 aliphatic heterocycles. The molecule has 0 atom stereocenters. The lowest BCUT2D eigenvalue weighted by Crippen LogP contribution is -2.32. The molecule has 0 N–H and O–H groups in total. The number of ketones is 1. The molecule has 1 aromatic rings. The van der Waals surface area contributed by atoms with Crippen molar-refractivity contribution in [1.82, 2.24) is 0 Å². The van der Waals surface area contributed by atoms with E-state index in [0.29, 0.717) is 0 Å². The summed E-state index contributed by atoms with van der Waals surface area (Å²) in [5.41, 5.74) is 0.209. The number of benzene rings is 1. The Balaban J connectivity index is 2.86. The van der Waals surface area contributed by atoms with Crippen LogP contribution in [0.5, 0.6) is 0 Å². The second-order valence-corrected chi connectivity index (χ2v) is 3.21. The van der Waals surface area contributed by atoms with Gasteiger partial charge in [0.2, 0.25) is 5.78 Å². The van der Waals surface area contributed by atoms with Gasteiger partial charge >= 0.3 is 18.6 Å². The van der Waals surface area contributed by atoms with Crippen LogP contribution in [-0.2, 0) is 18.9 Å². The first-order chi connectivity index (χ1) is 9.08. The SMILES string of the molecule is COC(=O)OC(OC(=O)OC)C(=O)c1ccccc1. The zero-order valence-corrected chi connectivity index (χ0v) is 10.3. The van der Waals surface area contributed by atoms with E-state index in [4.69, 9.17) is 0 Å². The minimum absolute atomic E-state index is 0.209. The molecule has 19 heavy (non-hydrogen) atoms. The van der Waals surface area contributed by atoms with E-state index in [1.807, 2.05) is 0 Å². The van der Waals surface area contributed by atoms with Gasteiger partial charge in [0.05, 0.1) is 14.2 Å². The maximum Gasteiger partial charge on any atom is 0.511 e. The molecule has 0 spiro atoms. The molecule has 0 radical (unpaired) electrons. The zero-order valence-electron chi connectivity index (χ0n) is 10.3. The van der Waals surface area contributed by atoms with Gasteiger partial charge in [-0.1, -0.05) is 30.3 Å². The van der Waals surface area contributed by atoms with Crippen molar-refractivity contribution >= 4 is 18.1 Å². The highest BCUT2D eigenvalue weighted by atomic mass is 16.8. The van der Waals surface area contributed by atoms with Gasteiger partial charge in [-0.25, -0.2) is 9.59 Å². The van der Waals surface area contributed by atoms with Crippen molar-refractivity contribution in [2.75, 3.05) is 14.2 Å². The summed E-state index contributed by atoms with van der Waals surface area (Å²) in [6.45, 7) is 0. The molecule has 1 aromatic carbocycles. The molecule has 0 saturated carbocycles. The maximum absolute atomic E-state index is 12.0. The number of hydrogen-bond donors (Lipinski definition) is 0. The summed E-state index contributed by atoms with van der Waals surface area (Å²) in [6, 6.07) is 7.89. The molecule has 1 rings (SSSR count). The van der Waals surface area contributed by atoms with Crippen molar-refractivity contribution in [2.24, 2.45) is 0 Å². The van der Waals surface area contributed by atoms with E-state index in [1.54, 1.807) is 18.2 Å². The van der Waals surface area contributed by atoms with E-state index in [1.165, 1.54) is 12.1 Å². The largest absolute Gasteiger partial charge is 0.511 e. The van der Waals surface area contributed by atoms with Gasteiger partial charge in [-0.3, -0.25) is 4.79 Å². The number of carbonyl (C=O) groups excluding carboxylic acids is 3. The van der Waals surface area contributed by atoms with Crippen molar-refractivity contribution < 1.29 is 33.3 Å². The average Bonchev–Trinajstić information content (AvgIpc) is 2.46. The first-order valence-electron chi connectivity index (χ1n) is 5.17. The van der Waals surface area contributed by atoms with E-state index in [2.05, 4.69) is 18.9 Å². The first kappa shape index (κ1) is 14.5. The van der Waals surface area contributed by atoms with E-state index >= 15 is 0 Å². The average molecular weight is 268 g/mol. The normalized spacial score (nSPS) is 9.63. The number of carbonyl (C=O) groups is 3. The van der Waals surface area contributed by atoms with Gasteiger partial charge in [-0.05, 0) is 0 Å². The predicted octanol–water partition coefficient (Wildman–Crippen LogP) is 1.76. The van der Waals surface area contributed by atoms with Gasteiger partial charge in [0.1, 0.15) is 0 Å². The van der Waals surface area contributed by atoms with Crippen molar-refractivity contribution in [2.45, 2.75) is 6.29 Å². The van der Waals surface area contributed by atoms with Crippen LogP contribution in [0.15, 0.2) is 30.3 Å². The van der Waals surface area contributed by atoms with Gasteiger partial charge in [0.25, 0.3) is 0 Å². The lowest BCUT2D eigenvalue weighted by Gasteiger charge is -2.15. The van der Waals surface area contributed by atoms with E-state index < -0.39 is 24.4 Å². The highest BCUT2D eigenvalue weighted by Crippen LogP contribution is 2.09. The van der Waals surface area contributed by atoms with Crippen molar-refractivity contribution in [3.63, 3.8) is 0 Å². The molecule has 7 nitrogen and oxygen atoms in total. The summed E-state index contributed by atoms with van der Waals surface area (Å²) in [5.74, 6) is -0.712. The smallest absolute Gasteiger partial charge is 0.438 e. The second kappa shape index (κ2) is 7.00. The van der Waals surface area contributed by atoms with Crippen molar-refractivity contribution in [3.05, 3.63) is 35.9 Å². The number of methoxy groups -OCH3 is 2. The zero-order chi connectivity index (χ0) is 14.3. The third-order valence-corrected chi connectivity index (χ3v) is 2.01. The minimum Gasteiger partial charge on any atom is -0.438 e. The topological polar surface area (TPSA) is 88.1 Å². The molecular formula is C12H12O7. The molecule has 7 heteroatoms. The van der Waals surface area contributed by atoms with Gasteiger partial charge in [0.15, 0.2) is 0 Å². The Morgan fingerprint density at radius 1 is 0.895 bits per heavy atom. The van der Waals surface area contributed by atoms with Gasteiger partial charge in [-0.15, -0.1) is 0 Å². The number of hydrogen-bond acceptors (Lipinski definition) is 7. The maximum atomic E-state index is 12.0. The number of ether oxygens (including phenoxy) is 4. The third-order valence-electron chi connectivity index (χ3n) is 2.01. The molecule has 0 bridgehead atoms. The summed E-state index contributed by atoms with van der Waals surface area (Å²) in [4.78, 5) is 34.0. The van der Waals surface area contributed by atoms with Crippen molar-refractivity contribution in [3.8, 4) is 0 Å². The van der Waals surface area contributed by atoms with Gasteiger partial charge in [-0.2, -0.15) is 0 Å².